The number of aliphatic hydroxyl groups is 1. The SMILES string of the molecule is CC(C)C(C)(O)CNc1ccc(Br)c(Cl)c1Cl. The van der Waals surface area contributed by atoms with Gasteiger partial charge >= 0.3 is 0 Å². The number of halogens is 3. The Hall–Kier alpha value is 0.0400. The third-order valence-electron chi connectivity index (χ3n) is 2.92. The summed E-state index contributed by atoms with van der Waals surface area (Å²) in [6.07, 6.45) is 0. The van der Waals surface area contributed by atoms with Crippen LogP contribution in [0.5, 0.6) is 0 Å². The first-order chi connectivity index (χ1) is 7.75. The van der Waals surface area contributed by atoms with Crippen LogP contribution in [-0.4, -0.2) is 17.3 Å². The molecule has 96 valence electrons. The minimum atomic E-state index is -0.789. The minimum absolute atomic E-state index is 0.152. The molecule has 0 spiro atoms. The maximum absolute atomic E-state index is 10.1. The summed E-state index contributed by atoms with van der Waals surface area (Å²) in [5.74, 6) is 0.152. The third-order valence-corrected chi connectivity index (χ3v) is 4.69. The molecule has 0 aliphatic rings. The molecule has 0 saturated heterocycles. The molecule has 5 heteroatoms. The number of nitrogens with one attached hydrogen (secondary N) is 1. The van der Waals surface area contributed by atoms with Crippen molar-refractivity contribution in [3.05, 3.63) is 26.7 Å². The summed E-state index contributed by atoms with van der Waals surface area (Å²) in [4.78, 5) is 0. The number of anilines is 1. The van der Waals surface area contributed by atoms with Crippen LogP contribution < -0.4 is 5.32 Å². The van der Waals surface area contributed by atoms with Gasteiger partial charge in [-0.15, -0.1) is 0 Å². The molecule has 0 radical (unpaired) electrons. The number of hydrogen-bond donors (Lipinski definition) is 2. The van der Waals surface area contributed by atoms with Crippen LogP contribution in [0.25, 0.3) is 0 Å². The van der Waals surface area contributed by atoms with Crippen LogP contribution in [-0.2, 0) is 0 Å². The van der Waals surface area contributed by atoms with Crippen molar-refractivity contribution in [2.24, 2.45) is 5.92 Å². The van der Waals surface area contributed by atoms with Gasteiger partial charge in [-0.3, -0.25) is 0 Å². The van der Waals surface area contributed by atoms with E-state index in [1.54, 1.807) is 6.92 Å². The van der Waals surface area contributed by atoms with Gasteiger partial charge in [-0.1, -0.05) is 37.0 Å². The van der Waals surface area contributed by atoms with Gasteiger partial charge in [0.2, 0.25) is 0 Å². The molecule has 1 aromatic carbocycles. The first-order valence-electron chi connectivity index (χ1n) is 5.35. The molecule has 0 aliphatic heterocycles. The molecular weight excluding hydrogens is 325 g/mol. The molecule has 2 nitrogen and oxygen atoms in total. The van der Waals surface area contributed by atoms with Crippen molar-refractivity contribution in [3.8, 4) is 0 Å². The van der Waals surface area contributed by atoms with E-state index in [0.29, 0.717) is 16.6 Å². The Labute approximate surface area is 120 Å². The van der Waals surface area contributed by atoms with Gasteiger partial charge in [0.1, 0.15) is 0 Å². The molecule has 1 aromatic rings. The van der Waals surface area contributed by atoms with Crippen molar-refractivity contribution in [1.29, 1.82) is 0 Å². The van der Waals surface area contributed by atoms with Crippen molar-refractivity contribution in [1.82, 2.24) is 0 Å². The van der Waals surface area contributed by atoms with Crippen LogP contribution in [0.3, 0.4) is 0 Å². The van der Waals surface area contributed by atoms with Gasteiger partial charge in [-0.05, 0) is 40.9 Å². The van der Waals surface area contributed by atoms with Gasteiger partial charge in [0.05, 0.1) is 21.3 Å². The number of benzene rings is 1. The third kappa shape index (κ3) is 3.75. The lowest BCUT2D eigenvalue weighted by Gasteiger charge is -2.28. The van der Waals surface area contributed by atoms with Gasteiger partial charge in [0.15, 0.2) is 0 Å². The Morgan fingerprint density at radius 2 is 1.94 bits per heavy atom. The predicted molar refractivity (Wildman–Crippen MR) is 78.1 cm³/mol. The summed E-state index contributed by atoms with van der Waals surface area (Å²) in [5, 5.41) is 14.2. The average Bonchev–Trinajstić information content (AvgIpc) is 2.25. The normalized spacial score (nSPS) is 14.8. The molecule has 1 unspecified atom stereocenters. The lowest BCUT2D eigenvalue weighted by molar-refractivity contribution is 0.0266. The summed E-state index contributed by atoms with van der Waals surface area (Å²) in [6.45, 7) is 6.15. The van der Waals surface area contributed by atoms with E-state index in [1.807, 2.05) is 26.0 Å². The second kappa shape index (κ2) is 5.79. The molecular formula is C12H16BrCl2NO. The summed E-state index contributed by atoms with van der Waals surface area (Å²) < 4.78 is 0.755. The second-order valence-electron chi connectivity index (χ2n) is 4.59. The molecule has 0 amide bonds. The fraction of sp³-hybridized carbons (Fsp3) is 0.500. The molecule has 1 rings (SSSR count). The fourth-order valence-corrected chi connectivity index (χ4v) is 1.98. The first kappa shape index (κ1) is 15.1. The maximum Gasteiger partial charge on any atom is 0.0835 e. The van der Waals surface area contributed by atoms with Gasteiger partial charge in [-0.2, -0.15) is 0 Å². The Kier molecular flexibility index (Phi) is 5.14. The summed E-state index contributed by atoms with van der Waals surface area (Å²) in [5.41, 5.74) is -0.0659. The van der Waals surface area contributed by atoms with Crippen molar-refractivity contribution >= 4 is 44.8 Å². The summed E-state index contributed by atoms with van der Waals surface area (Å²) in [6, 6.07) is 3.65. The molecule has 2 N–H and O–H groups in total. The van der Waals surface area contributed by atoms with E-state index in [-0.39, 0.29) is 5.92 Å². The maximum atomic E-state index is 10.1. The lowest BCUT2D eigenvalue weighted by Crippen LogP contribution is -2.38. The highest BCUT2D eigenvalue weighted by Crippen LogP contribution is 2.36. The van der Waals surface area contributed by atoms with Gasteiger partial charge in [0, 0.05) is 11.0 Å². The van der Waals surface area contributed by atoms with Gasteiger partial charge in [-0.25, -0.2) is 0 Å². The Balaban J connectivity index is 2.81. The van der Waals surface area contributed by atoms with Crippen LogP contribution in [0.1, 0.15) is 20.8 Å². The molecule has 1 atom stereocenters. The quantitative estimate of drug-likeness (QED) is 0.786. The Morgan fingerprint density at radius 1 is 1.35 bits per heavy atom. The van der Waals surface area contributed by atoms with E-state index in [4.69, 9.17) is 23.2 Å². The Morgan fingerprint density at radius 3 is 2.47 bits per heavy atom. The minimum Gasteiger partial charge on any atom is -0.388 e. The van der Waals surface area contributed by atoms with Crippen LogP contribution in [0.4, 0.5) is 5.69 Å². The van der Waals surface area contributed by atoms with Crippen molar-refractivity contribution < 1.29 is 5.11 Å². The van der Waals surface area contributed by atoms with Crippen LogP contribution in [0.15, 0.2) is 16.6 Å². The zero-order valence-electron chi connectivity index (χ0n) is 10.0. The number of rotatable bonds is 4. The Bertz CT molecular complexity index is 408. The molecule has 0 aromatic heterocycles. The number of hydrogen-bond acceptors (Lipinski definition) is 2. The van der Waals surface area contributed by atoms with Gasteiger partial charge < -0.3 is 10.4 Å². The zero-order valence-corrected chi connectivity index (χ0v) is 13.1. The topological polar surface area (TPSA) is 32.3 Å². The molecule has 0 heterocycles. The van der Waals surface area contributed by atoms with Gasteiger partial charge in [0.25, 0.3) is 0 Å². The van der Waals surface area contributed by atoms with Crippen LogP contribution in [0.2, 0.25) is 10.0 Å². The first-order valence-corrected chi connectivity index (χ1v) is 6.90. The summed E-state index contributed by atoms with van der Waals surface area (Å²) in [7, 11) is 0. The highest BCUT2D eigenvalue weighted by molar-refractivity contribution is 9.10. The highest BCUT2D eigenvalue weighted by atomic mass is 79.9. The average molecular weight is 341 g/mol. The fourth-order valence-electron chi connectivity index (χ4n) is 1.14. The molecule has 0 aliphatic carbocycles. The smallest absolute Gasteiger partial charge is 0.0835 e. The van der Waals surface area contributed by atoms with E-state index >= 15 is 0 Å². The predicted octanol–water partition coefficient (Wildman–Crippen LogP) is 4.57. The van der Waals surface area contributed by atoms with Crippen molar-refractivity contribution in [2.45, 2.75) is 26.4 Å². The van der Waals surface area contributed by atoms with Crippen molar-refractivity contribution in [3.63, 3.8) is 0 Å². The summed E-state index contributed by atoms with van der Waals surface area (Å²) >= 11 is 15.4. The largest absolute Gasteiger partial charge is 0.388 e. The second-order valence-corrected chi connectivity index (χ2v) is 6.20. The molecule has 0 bridgehead atoms. The van der Waals surface area contributed by atoms with E-state index in [9.17, 15) is 5.11 Å². The molecule has 0 saturated carbocycles. The monoisotopic (exact) mass is 339 g/mol. The van der Waals surface area contributed by atoms with Crippen molar-refractivity contribution in [2.75, 3.05) is 11.9 Å². The standard InChI is InChI=1S/C12H16BrCl2NO/c1-7(2)12(3,17)6-16-9-5-4-8(13)10(14)11(9)15/h4-5,7,16-17H,6H2,1-3H3. The van der Waals surface area contributed by atoms with Crippen LogP contribution in [0, 0.1) is 5.92 Å². The van der Waals surface area contributed by atoms with E-state index < -0.39 is 5.60 Å². The van der Waals surface area contributed by atoms with E-state index in [1.165, 1.54) is 0 Å². The zero-order chi connectivity index (χ0) is 13.2. The van der Waals surface area contributed by atoms with E-state index in [0.717, 1.165) is 10.2 Å². The molecule has 17 heavy (non-hydrogen) atoms. The van der Waals surface area contributed by atoms with Crippen LogP contribution >= 0.6 is 39.1 Å². The molecule has 0 fully saturated rings. The lowest BCUT2D eigenvalue weighted by atomic mass is 9.92. The highest BCUT2D eigenvalue weighted by Gasteiger charge is 2.24. The van der Waals surface area contributed by atoms with E-state index in [2.05, 4.69) is 21.2 Å².